The molecule has 4 rings (SSSR count). The number of hydrogen-bond donors (Lipinski definition) is 1. The van der Waals surface area contributed by atoms with E-state index in [1.54, 1.807) is 24.3 Å². The molecule has 3 aromatic carbocycles. The average molecular weight is 574 g/mol. The predicted molar refractivity (Wildman–Crippen MR) is 142 cm³/mol. The van der Waals surface area contributed by atoms with E-state index >= 15 is 0 Å². The number of carbonyl (C=O) groups is 1. The predicted octanol–water partition coefficient (Wildman–Crippen LogP) is 6.39. The van der Waals surface area contributed by atoms with Crippen LogP contribution < -0.4 is 14.8 Å². The van der Waals surface area contributed by atoms with Gasteiger partial charge in [-0.2, -0.15) is 0 Å². The lowest BCUT2D eigenvalue weighted by molar-refractivity contribution is -0.113. The van der Waals surface area contributed by atoms with E-state index in [4.69, 9.17) is 21.1 Å². The van der Waals surface area contributed by atoms with Crippen LogP contribution in [0.1, 0.15) is 12.7 Å². The van der Waals surface area contributed by atoms with Crippen LogP contribution in [0.25, 0.3) is 5.69 Å². The number of benzene rings is 3. The number of nitrogens with one attached hydrogen (secondary N) is 1. The van der Waals surface area contributed by atoms with Gasteiger partial charge in [-0.3, -0.25) is 9.36 Å². The Kier molecular flexibility index (Phi) is 8.68. The first kappa shape index (κ1) is 25.1. The van der Waals surface area contributed by atoms with Crippen LogP contribution in [0.5, 0.6) is 11.5 Å². The summed E-state index contributed by atoms with van der Waals surface area (Å²) in [6, 6.07) is 22.2. The van der Waals surface area contributed by atoms with Crippen LogP contribution in [-0.2, 0) is 11.4 Å². The van der Waals surface area contributed by atoms with E-state index in [9.17, 15) is 4.79 Å². The number of thioether (sulfide) groups is 1. The molecule has 0 aliphatic carbocycles. The van der Waals surface area contributed by atoms with Crippen molar-refractivity contribution in [3.8, 4) is 17.2 Å². The molecule has 0 radical (unpaired) electrons. The summed E-state index contributed by atoms with van der Waals surface area (Å²) in [4.78, 5) is 12.5. The highest BCUT2D eigenvalue weighted by Gasteiger charge is 2.17. The minimum atomic E-state index is -0.145. The molecule has 0 aliphatic rings. The molecule has 1 amide bonds. The van der Waals surface area contributed by atoms with Gasteiger partial charge in [0.1, 0.15) is 18.1 Å². The van der Waals surface area contributed by atoms with Crippen LogP contribution in [-0.4, -0.2) is 33.0 Å². The second-order valence-corrected chi connectivity index (χ2v) is 9.55. The molecule has 0 aliphatic heterocycles. The van der Waals surface area contributed by atoms with Crippen LogP contribution in [0.4, 0.5) is 5.69 Å². The highest BCUT2D eigenvalue weighted by Crippen LogP contribution is 2.26. The van der Waals surface area contributed by atoms with E-state index in [2.05, 4.69) is 31.4 Å². The van der Waals surface area contributed by atoms with Gasteiger partial charge in [-0.1, -0.05) is 45.4 Å². The summed E-state index contributed by atoms with van der Waals surface area (Å²) < 4.78 is 14.2. The van der Waals surface area contributed by atoms with E-state index in [1.165, 1.54) is 11.8 Å². The Morgan fingerprint density at radius 2 is 1.74 bits per heavy atom. The third-order valence-corrected chi connectivity index (χ3v) is 6.40. The SMILES string of the molecule is CCOc1ccc(-n2c(COc3ccc(Cl)cc3)nnc2SCC(=O)Nc2cccc(Br)c2)cc1. The summed E-state index contributed by atoms with van der Waals surface area (Å²) >= 11 is 10.7. The third kappa shape index (κ3) is 7.00. The summed E-state index contributed by atoms with van der Waals surface area (Å²) in [5.74, 6) is 2.05. The first-order valence-electron chi connectivity index (χ1n) is 10.8. The zero-order valence-corrected chi connectivity index (χ0v) is 21.9. The van der Waals surface area contributed by atoms with Crippen LogP contribution in [0.2, 0.25) is 5.02 Å². The first-order chi connectivity index (χ1) is 17.0. The van der Waals surface area contributed by atoms with Crippen molar-refractivity contribution in [1.82, 2.24) is 14.8 Å². The monoisotopic (exact) mass is 572 g/mol. The molecule has 1 N–H and O–H groups in total. The Labute approximate surface area is 220 Å². The van der Waals surface area contributed by atoms with Crippen molar-refractivity contribution in [3.05, 3.63) is 88.1 Å². The maximum atomic E-state index is 12.5. The lowest BCUT2D eigenvalue weighted by Crippen LogP contribution is -2.14. The summed E-state index contributed by atoms with van der Waals surface area (Å²) in [5.41, 5.74) is 1.55. The van der Waals surface area contributed by atoms with E-state index in [1.807, 2.05) is 60.0 Å². The number of rotatable bonds is 10. The number of amides is 1. The number of halogens is 2. The van der Waals surface area contributed by atoms with Crippen molar-refractivity contribution in [3.63, 3.8) is 0 Å². The molecule has 0 spiro atoms. The second-order valence-electron chi connectivity index (χ2n) is 7.25. The van der Waals surface area contributed by atoms with Crippen molar-refractivity contribution < 1.29 is 14.3 Å². The fourth-order valence-electron chi connectivity index (χ4n) is 3.18. The smallest absolute Gasteiger partial charge is 0.234 e. The maximum absolute atomic E-state index is 12.5. The highest BCUT2D eigenvalue weighted by atomic mass is 79.9. The Bertz CT molecular complexity index is 1280. The fraction of sp³-hybridized carbons (Fsp3) is 0.160. The van der Waals surface area contributed by atoms with Crippen molar-refractivity contribution >= 4 is 50.9 Å². The third-order valence-electron chi connectivity index (χ3n) is 4.73. The summed E-state index contributed by atoms with van der Waals surface area (Å²) in [6.07, 6.45) is 0. The largest absolute Gasteiger partial charge is 0.494 e. The number of ether oxygens (including phenoxy) is 2. The van der Waals surface area contributed by atoms with Crippen molar-refractivity contribution in [2.24, 2.45) is 0 Å². The van der Waals surface area contributed by atoms with E-state index < -0.39 is 0 Å². The number of carbonyl (C=O) groups excluding carboxylic acids is 1. The van der Waals surface area contributed by atoms with Crippen molar-refractivity contribution in [2.45, 2.75) is 18.7 Å². The molecular weight excluding hydrogens is 552 g/mol. The minimum Gasteiger partial charge on any atom is -0.494 e. The maximum Gasteiger partial charge on any atom is 0.234 e. The second kappa shape index (κ2) is 12.1. The molecule has 0 bridgehead atoms. The molecule has 0 saturated carbocycles. The molecule has 0 fully saturated rings. The number of aromatic nitrogens is 3. The summed E-state index contributed by atoms with van der Waals surface area (Å²) in [6.45, 7) is 2.71. The average Bonchev–Trinajstić information content (AvgIpc) is 3.26. The lowest BCUT2D eigenvalue weighted by Gasteiger charge is -2.12. The topological polar surface area (TPSA) is 78.3 Å². The van der Waals surface area contributed by atoms with Gasteiger partial charge >= 0.3 is 0 Å². The molecular formula is C25H22BrClN4O3S. The van der Waals surface area contributed by atoms with E-state index in [0.717, 1.165) is 21.6 Å². The standard InChI is InChI=1S/C25H22BrClN4O3S/c1-2-33-21-12-8-20(9-13-21)31-23(15-34-22-10-6-18(27)7-11-22)29-30-25(31)35-16-24(32)28-19-5-3-4-17(26)14-19/h3-14H,2,15-16H2,1H3,(H,28,32). The van der Waals surface area contributed by atoms with Crippen molar-refractivity contribution in [1.29, 1.82) is 0 Å². The van der Waals surface area contributed by atoms with Gasteiger partial charge in [0.25, 0.3) is 0 Å². The zero-order chi connectivity index (χ0) is 24.6. The normalized spacial score (nSPS) is 10.7. The van der Waals surface area contributed by atoms with Crippen molar-refractivity contribution in [2.75, 3.05) is 17.7 Å². The molecule has 10 heteroatoms. The molecule has 0 unspecified atom stereocenters. The van der Waals surface area contributed by atoms with Gasteiger partial charge in [-0.05, 0) is 73.7 Å². The summed E-state index contributed by atoms with van der Waals surface area (Å²) in [7, 11) is 0. The number of hydrogen-bond acceptors (Lipinski definition) is 6. The van der Waals surface area contributed by atoms with Gasteiger partial charge in [0.15, 0.2) is 11.0 Å². The Balaban J connectivity index is 1.52. The Morgan fingerprint density at radius 1 is 1.03 bits per heavy atom. The number of anilines is 1. The Hall–Kier alpha value is -3.01. The molecule has 0 saturated heterocycles. The molecule has 7 nitrogen and oxygen atoms in total. The van der Waals surface area contributed by atoms with Gasteiger partial charge in [0.2, 0.25) is 5.91 Å². The van der Waals surface area contributed by atoms with Crippen LogP contribution in [0, 0.1) is 0 Å². The molecule has 35 heavy (non-hydrogen) atoms. The van der Waals surface area contributed by atoms with Gasteiger partial charge in [0.05, 0.1) is 12.4 Å². The van der Waals surface area contributed by atoms with E-state index in [-0.39, 0.29) is 18.3 Å². The first-order valence-corrected chi connectivity index (χ1v) is 12.9. The molecule has 0 atom stereocenters. The quantitative estimate of drug-likeness (QED) is 0.222. The highest BCUT2D eigenvalue weighted by molar-refractivity contribution is 9.10. The lowest BCUT2D eigenvalue weighted by atomic mass is 10.3. The summed E-state index contributed by atoms with van der Waals surface area (Å²) in [5, 5.41) is 12.8. The van der Waals surface area contributed by atoms with Gasteiger partial charge in [0, 0.05) is 20.9 Å². The van der Waals surface area contributed by atoms with Gasteiger partial charge in [-0.15, -0.1) is 10.2 Å². The zero-order valence-electron chi connectivity index (χ0n) is 18.8. The van der Waals surface area contributed by atoms with Crippen LogP contribution >= 0.6 is 39.3 Å². The van der Waals surface area contributed by atoms with Gasteiger partial charge in [-0.25, -0.2) is 0 Å². The fourth-order valence-corrected chi connectivity index (χ4v) is 4.47. The minimum absolute atomic E-state index is 0.145. The van der Waals surface area contributed by atoms with E-state index in [0.29, 0.717) is 28.4 Å². The number of nitrogens with zero attached hydrogens (tertiary/aromatic N) is 3. The molecule has 1 heterocycles. The van der Waals surface area contributed by atoms with Crippen LogP contribution in [0.3, 0.4) is 0 Å². The molecule has 1 aromatic heterocycles. The van der Waals surface area contributed by atoms with Gasteiger partial charge < -0.3 is 14.8 Å². The van der Waals surface area contributed by atoms with Crippen LogP contribution in [0.15, 0.2) is 82.4 Å². The molecule has 4 aromatic rings. The molecule has 180 valence electrons. The Morgan fingerprint density at radius 3 is 2.46 bits per heavy atom.